The SMILES string of the molecule is CN=C(NCc1nc(C)no1)NC(C)COC.I. The van der Waals surface area contributed by atoms with Crippen molar-refractivity contribution in [2.45, 2.75) is 26.4 Å². The van der Waals surface area contributed by atoms with Gasteiger partial charge in [-0.1, -0.05) is 5.16 Å². The van der Waals surface area contributed by atoms with E-state index in [2.05, 4.69) is 25.8 Å². The van der Waals surface area contributed by atoms with E-state index in [1.165, 1.54) is 0 Å². The lowest BCUT2D eigenvalue weighted by molar-refractivity contribution is 0.179. The Bertz CT molecular complexity index is 369. The first-order chi connectivity index (χ1) is 8.15. The largest absolute Gasteiger partial charge is 0.383 e. The Morgan fingerprint density at radius 2 is 2.28 bits per heavy atom. The zero-order valence-electron chi connectivity index (χ0n) is 11.1. The molecule has 0 spiro atoms. The average molecular weight is 369 g/mol. The Labute approximate surface area is 124 Å². The second-order valence-corrected chi connectivity index (χ2v) is 3.66. The minimum Gasteiger partial charge on any atom is -0.383 e. The second-order valence-electron chi connectivity index (χ2n) is 3.66. The molecule has 0 saturated carbocycles. The maximum Gasteiger partial charge on any atom is 0.246 e. The quantitative estimate of drug-likeness (QED) is 0.452. The minimum atomic E-state index is 0. The van der Waals surface area contributed by atoms with Gasteiger partial charge in [0.1, 0.15) is 0 Å². The van der Waals surface area contributed by atoms with E-state index >= 15 is 0 Å². The molecule has 1 rings (SSSR count). The topological polar surface area (TPSA) is 84.6 Å². The van der Waals surface area contributed by atoms with Gasteiger partial charge in [-0.3, -0.25) is 4.99 Å². The molecule has 7 nitrogen and oxygen atoms in total. The first kappa shape index (κ1) is 17.1. The number of ether oxygens (including phenoxy) is 1. The number of halogens is 1. The summed E-state index contributed by atoms with van der Waals surface area (Å²) in [6, 6.07) is 0.177. The standard InChI is InChI=1S/C10H19N5O2.HI/c1-7(6-16-4)13-10(11-3)12-5-9-14-8(2)15-17-9;/h7H,5-6H2,1-4H3,(H2,11,12,13);1H. The molecule has 0 fully saturated rings. The van der Waals surface area contributed by atoms with Crippen LogP contribution in [0.15, 0.2) is 9.52 Å². The lowest BCUT2D eigenvalue weighted by Gasteiger charge is -2.16. The molecular formula is C10H20IN5O2. The Balaban J connectivity index is 0.00000289. The van der Waals surface area contributed by atoms with Crippen molar-refractivity contribution in [2.24, 2.45) is 4.99 Å². The third kappa shape index (κ3) is 6.15. The Kier molecular flexibility index (Phi) is 8.63. The van der Waals surface area contributed by atoms with Gasteiger partial charge < -0.3 is 19.9 Å². The fraction of sp³-hybridized carbons (Fsp3) is 0.700. The van der Waals surface area contributed by atoms with Crippen molar-refractivity contribution in [3.05, 3.63) is 11.7 Å². The van der Waals surface area contributed by atoms with Crippen LogP contribution in [0.5, 0.6) is 0 Å². The minimum absolute atomic E-state index is 0. The predicted molar refractivity (Wildman–Crippen MR) is 79.1 cm³/mol. The molecule has 8 heteroatoms. The molecule has 1 heterocycles. The summed E-state index contributed by atoms with van der Waals surface area (Å²) >= 11 is 0. The number of hydrogen-bond acceptors (Lipinski definition) is 5. The predicted octanol–water partition coefficient (Wildman–Crippen LogP) is 0.696. The zero-order chi connectivity index (χ0) is 12.7. The summed E-state index contributed by atoms with van der Waals surface area (Å²) in [6.45, 7) is 4.84. The summed E-state index contributed by atoms with van der Waals surface area (Å²) in [5.74, 6) is 1.83. The highest BCUT2D eigenvalue weighted by Gasteiger charge is 2.06. The normalized spacial score (nSPS) is 12.8. The number of aryl methyl sites for hydroxylation is 1. The van der Waals surface area contributed by atoms with Crippen molar-refractivity contribution in [3.63, 3.8) is 0 Å². The van der Waals surface area contributed by atoms with Gasteiger partial charge in [0.15, 0.2) is 11.8 Å². The van der Waals surface area contributed by atoms with Crippen LogP contribution in [0.1, 0.15) is 18.6 Å². The van der Waals surface area contributed by atoms with Gasteiger partial charge in [-0.05, 0) is 13.8 Å². The van der Waals surface area contributed by atoms with Crippen molar-refractivity contribution >= 4 is 29.9 Å². The number of rotatable bonds is 5. The molecule has 1 unspecified atom stereocenters. The number of guanidine groups is 1. The molecule has 0 saturated heterocycles. The molecular weight excluding hydrogens is 349 g/mol. The van der Waals surface area contributed by atoms with Gasteiger partial charge in [-0.2, -0.15) is 4.98 Å². The van der Waals surface area contributed by atoms with Crippen molar-refractivity contribution in [2.75, 3.05) is 20.8 Å². The van der Waals surface area contributed by atoms with Crippen LogP contribution in [0.4, 0.5) is 0 Å². The number of aromatic nitrogens is 2. The highest BCUT2D eigenvalue weighted by Crippen LogP contribution is 1.94. The van der Waals surface area contributed by atoms with Gasteiger partial charge in [-0.15, -0.1) is 24.0 Å². The van der Waals surface area contributed by atoms with Crippen LogP contribution in [-0.4, -0.2) is 42.9 Å². The zero-order valence-corrected chi connectivity index (χ0v) is 13.4. The van der Waals surface area contributed by atoms with Crippen LogP contribution in [0, 0.1) is 6.92 Å². The van der Waals surface area contributed by atoms with E-state index in [1.54, 1.807) is 21.1 Å². The summed E-state index contributed by atoms with van der Waals surface area (Å²) in [6.07, 6.45) is 0. The number of nitrogens with zero attached hydrogens (tertiary/aromatic N) is 3. The molecule has 104 valence electrons. The average Bonchev–Trinajstić information content (AvgIpc) is 2.70. The first-order valence-electron chi connectivity index (χ1n) is 5.41. The van der Waals surface area contributed by atoms with E-state index in [-0.39, 0.29) is 30.0 Å². The number of nitrogens with one attached hydrogen (secondary N) is 2. The van der Waals surface area contributed by atoms with E-state index in [4.69, 9.17) is 9.26 Å². The smallest absolute Gasteiger partial charge is 0.246 e. The van der Waals surface area contributed by atoms with Crippen LogP contribution in [0.3, 0.4) is 0 Å². The first-order valence-corrected chi connectivity index (χ1v) is 5.41. The Hall–Kier alpha value is -0.900. The third-order valence-electron chi connectivity index (χ3n) is 2.00. The summed E-state index contributed by atoms with van der Waals surface area (Å²) in [7, 11) is 3.36. The van der Waals surface area contributed by atoms with E-state index in [0.29, 0.717) is 30.8 Å². The Morgan fingerprint density at radius 1 is 1.56 bits per heavy atom. The van der Waals surface area contributed by atoms with E-state index in [9.17, 15) is 0 Å². The molecule has 0 aliphatic carbocycles. The summed E-state index contributed by atoms with van der Waals surface area (Å²) in [5, 5.41) is 9.95. The maximum absolute atomic E-state index is 5.03. The van der Waals surface area contributed by atoms with Crippen LogP contribution in [-0.2, 0) is 11.3 Å². The molecule has 0 aliphatic rings. The van der Waals surface area contributed by atoms with Gasteiger partial charge in [0.05, 0.1) is 13.2 Å². The molecule has 2 N–H and O–H groups in total. The molecule has 0 bridgehead atoms. The number of methoxy groups -OCH3 is 1. The highest BCUT2D eigenvalue weighted by atomic mass is 127. The lowest BCUT2D eigenvalue weighted by atomic mass is 10.4. The molecule has 0 aromatic carbocycles. The van der Waals surface area contributed by atoms with Crippen molar-refractivity contribution in [3.8, 4) is 0 Å². The van der Waals surface area contributed by atoms with Crippen molar-refractivity contribution < 1.29 is 9.26 Å². The molecule has 0 aliphatic heterocycles. The summed E-state index contributed by atoms with van der Waals surface area (Å²) in [4.78, 5) is 8.17. The van der Waals surface area contributed by atoms with Gasteiger partial charge >= 0.3 is 0 Å². The monoisotopic (exact) mass is 369 g/mol. The maximum atomic E-state index is 5.03. The third-order valence-corrected chi connectivity index (χ3v) is 2.00. The number of hydrogen-bond donors (Lipinski definition) is 2. The van der Waals surface area contributed by atoms with Crippen LogP contribution in [0.2, 0.25) is 0 Å². The van der Waals surface area contributed by atoms with Gasteiger partial charge in [0.2, 0.25) is 5.89 Å². The van der Waals surface area contributed by atoms with Crippen molar-refractivity contribution in [1.29, 1.82) is 0 Å². The summed E-state index contributed by atoms with van der Waals surface area (Å²) in [5.41, 5.74) is 0. The fourth-order valence-electron chi connectivity index (χ4n) is 1.29. The molecule has 1 atom stereocenters. The van der Waals surface area contributed by atoms with Crippen LogP contribution in [0.25, 0.3) is 0 Å². The van der Waals surface area contributed by atoms with Gasteiger partial charge in [-0.25, -0.2) is 0 Å². The van der Waals surface area contributed by atoms with E-state index < -0.39 is 0 Å². The Morgan fingerprint density at radius 3 is 2.78 bits per heavy atom. The lowest BCUT2D eigenvalue weighted by Crippen LogP contribution is -2.43. The molecule has 1 aromatic rings. The van der Waals surface area contributed by atoms with Gasteiger partial charge in [0.25, 0.3) is 0 Å². The molecule has 0 amide bonds. The van der Waals surface area contributed by atoms with E-state index in [0.717, 1.165) is 0 Å². The van der Waals surface area contributed by atoms with Crippen molar-refractivity contribution in [1.82, 2.24) is 20.8 Å². The molecule has 18 heavy (non-hydrogen) atoms. The summed E-state index contributed by atoms with van der Waals surface area (Å²) < 4.78 is 10.0. The highest BCUT2D eigenvalue weighted by molar-refractivity contribution is 14.0. The second kappa shape index (κ2) is 9.09. The fourth-order valence-corrected chi connectivity index (χ4v) is 1.29. The molecule has 1 aromatic heterocycles. The number of aliphatic imine (C=N–C) groups is 1. The van der Waals surface area contributed by atoms with Gasteiger partial charge in [0, 0.05) is 20.2 Å². The van der Waals surface area contributed by atoms with E-state index in [1.807, 2.05) is 6.92 Å². The molecule has 0 radical (unpaired) electrons. The van der Waals surface area contributed by atoms with Crippen LogP contribution < -0.4 is 10.6 Å². The van der Waals surface area contributed by atoms with Crippen LogP contribution >= 0.6 is 24.0 Å².